The number of para-hydroxylation sites is 1. The summed E-state index contributed by atoms with van der Waals surface area (Å²) in [7, 11) is 0. The summed E-state index contributed by atoms with van der Waals surface area (Å²) in [4.78, 5) is 14.7. The number of rotatable bonds is 3. The number of carbonyl (C=O) groups is 1. The molecule has 0 saturated heterocycles. The number of nitrogens with zero attached hydrogens (tertiary/aromatic N) is 1. The number of fused-ring (bicyclic) bond motifs is 2. The molecule has 1 aliphatic heterocycles. The Labute approximate surface area is 137 Å². The molecule has 0 bridgehead atoms. The lowest BCUT2D eigenvalue weighted by Crippen LogP contribution is -2.39. The zero-order chi connectivity index (χ0) is 15.6. The number of amides is 1. The molecule has 23 heavy (non-hydrogen) atoms. The topological polar surface area (TPSA) is 32.3 Å². The van der Waals surface area contributed by atoms with E-state index >= 15 is 0 Å². The highest BCUT2D eigenvalue weighted by Gasteiger charge is 2.24. The second kappa shape index (κ2) is 6.07. The van der Waals surface area contributed by atoms with Crippen LogP contribution in [0.2, 0.25) is 0 Å². The molecule has 1 N–H and O–H groups in total. The van der Waals surface area contributed by atoms with Crippen LogP contribution >= 0.6 is 0 Å². The quantitative estimate of drug-likeness (QED) is 0.944. The van der Waals surface area contributed by atoms with Crippen LogP contribution in [0.25, 0.3) is 0 Å². The van der Waals surface area contributed by atoms with Gasteiger partial charge >= 0.3 is 0 Å². The molecule has 0 radical (unpaired) electrons. The Kier molecular flexibility index (Phi) is 3.78. The van der Waals surface area contributed by atoms with Crippen molar-refractivity contribution in [2.45, 2.75) is 31.7 Å². The minimum Gasteiger partial charge on any atom is -0.362 e. The van der Waals surface area contributed by atoms with E-state index in [4.69, 9.17) is 0 Å². The van der Waals surface area contributed by atoms with Crippen LogP contribution in [0.4, 0.5) is 5.69 Å². The fraction of sp³-hybridized carbons (Fsp3) is 0.350. The molecule has 3 nitrogen and oxygen atoms in total. The summed E-state index contributed by atoms with van der Waals surface area (Å²) < 4.78 is 0. The number of benzene rings is 2. The molecular weight excluding hydrogens is 284 g/mol. The molecule has 1 atom stereocenters. The van der Waals surface area contributed by atoms with E-state index in [2.05, 4.69) is 52.7 Å². The molecular formula is C20H22N2O. The number of anilines is 1. The fourth-order valence-electron chi connectivity index (χ4n) is 3.89. The molecule has 0 spiro atoms. The van der Waals surface area contributed by atoms with Crippen LogP contribution in [-0.2, 0) is 17.6 Å². The van der Waals surface area contributed by atoms with Crippen molar-refractivity contribution < 1.29 is 4.79 Å². The van der Waals surface area contributed by atoms with E-state index in [9.17, 15) is 4.79 Å². The normalized spacial score (nSPS) is 19.1. The monoisotopic (exact) mass is 306 g/mol. The van der Waals surface area contributed by atoms with Gasteiger partial charge in [-0.3, -0.25) is 4.79 Å². The number of hydrogen-bond acceptors (Lipinski definition) is 2. The van der Waals surface area contributed by atoms with Crippen molar-refractivity contribution in [1.29, 1.82) is 0 Å². The van der Waals surface area contributed by atoms with Gasteiger partial charge in [0.25, 0.3) is 0 Å². The van der Waals surface area contributed by atoms with E-state index in [1.165, 1.54) is 22.4 Å². The van der Waals surface area contributed by atoms with Gasteiger partial charge in [0.15, 0.2) is 0 Å². The number of aryl methyl sites for hydroxylation is 1. The second-order valence-electron chi connectivity index (χ2n) is 6.51. The third-order valence-corrected chi connectivity index (χ3v) is 5.02. The average molecular weight is 306 g/mol. The smallest absolute Gasteiger partial charge is 0.240 e. The Hall–Kier alpha value is -2.29. The zero-order valence-electron chi connectivity index (χ0n) is 13.3. The summed E-state index contributed by atoms with van der Waals surface area (Å²) in [5.74, 6) is 0.128. The third-order valence-electron chi connectivity index (χ3n) is 5.02. The summed E-state index contributed by atoms with van der Waals surface area (Å²) in [6.45, 7) is 1.39. The van der Waals surface area contributed by atoms with E-state index in [1.54, 1.807) is 0 Å². The minimum absolute atomic E-state index is 0.128. The first kappa shape index (κ1) is 14.3. The van der Waals surface area contributed by atoms with Gasteiger partial charge in [-0.15, -0.1) is 0 Å². The summed E-state index contributed by atoms with van der Waals surface area (Å²) in [5, 5.41) is 3.25. The Morgan fingerprint density at radius 1 is 1.04 bits per heavy atom. The third kappa shape index (κ3) is 2.83. The van der Waals surface area contributed by atoms with Crippen LogP contribution in [0, 0.1) is 0 Å². The molecule has 1 amide bonds. The maximum atomic E-state index is 12.5. The molecule has 3 heteroatoms. The van der Waals surface area contributed by atoms with E-state index < -0.39 is 0 Å². The van der Waals surface area contributed by atoms with Crippen LogP contribution in [0.5, 0.6) is 0 Å². The molecule has 0 aromatic heterocycles. The Morgan fingerprint density at radius 3 is 2.74 bits per heavy atom. The first-order valence-corrected chi connectivity index (χ1v) is 8.51. The van der Waals surface area contributed by atoms with Crippen molar-refractivity contribution in [3.63, 3.8) is 0 Å². The zero-order valence-corrected chi connectivity index (χ0v) is 13.3. The molecule has 4 rings (SSSR count). The number of hydrogen-bond donors (Lipinski definition) is 1. The lowest BCUT2D eigenvalue weighted by Gasteiger charge is -2.27. The van der Waals surface area contributed by atoms with E-state index in [-0.39, 0.29) is 11.9 Å². The molecule has 0 saturated carbocycles. The van der Waals surface area contributed by atoms with Gasteiger partial charge in [-0.2, -0.15) is 0 Å². The maximum Gasteiger partial charge on any atom is 0.240 e. The highest BCUT2D eigenvalue weighted by Crippen LogP contribution is 2.30. The van der Waals surface area contributed by atoms with E-state index in [0.717, 1.165) is 32.2 Å². The molecule has 1 heterocycles. The van der Waals surface area contributed by atoms with Crippen LogP contribution in [-0.4, -0.2) is 19.0 Å². The fourth-order valence-corrected chi connectivity index (χ4v) is 3.89. The highest BCUT2D eigenvalue weighted by atomic mass is 16.2. The van der Waals surface area contributed by atoms with Crippen molar-refractivity contribution in [3.05, 3.63) is 65.2 Å². The Morgan fingerprint density at radius 2 is 1.83 bits per heavy atom. The highest BCUT2D eigenvalue weighted by molar-refractivity contribution is 5.82. The molecule has 1 unspecified atom stereocenters. The largest absolute Gasteiger partial charge is 0.362 e. The van der Waals surface area contributed by atoms with Crippen molar-refractivity contribution in [2.75, 3.05) is 18.0 Å². The molecule has 2 aromatic carbocycles. The minimum atomic E-state index is 0.128. The van der Waals surface area contributed by atoms with Crippen LogP contribution in [0.3, 0.4) is 0 Å². The molecule has 1 aliphatic carbocycles. The molecule has 0 fully saturated rings. The standard InChI is InChI=1S/C20H22N2O/c23-20(14-22-13-12-16-7-2-4-11-19(16)22)21-18-10-5-8-15-6-1-3-9-17(15)18/h1-4,6-7,9,11,18H,5,8,10,12-14H2,(H,21,23). The number of nitrogens with one attached hydrogen (secondary N) is 1. The Bertz CT molecular complexity index is 725. The lowest BCUT2D eigenvalue weighted by molar-refractivity contribution is -0.120. The average Bonchev–Trinajstić information content (AvgIpc) is 2.98. The van der Waals surface area contributed by atoms with Gasteiger partial charge in [-0.05, 0) is 48.4 Å². The summed E-state index contributed by atoms with van der Waals surface area (Å²) in [6.07, 6.45) is 4.35. The molecule has 2 aliphatic rings. The lowest BCUT2D eigenvalue weighted by atomic mass is 9.88. The van der Waals surface area contributed by atoms with Gasteiger partial charge in [-0.25, -0.2) is 0 Å². The van der Waals surface area contributed by atoms with Gasteiger partial charge in [0.2, 0.25) is 5.91 Å². The van der Waals surface area contributed by atoms with Gasteiger partial charge in [0.1, 0.15) is 0 Å². The predicted molar refractivity (Wildman–Crippen MR) is 92.6 cm³/mol. The van der Waals surface area contributed by atoms with Gasteiger partial charge in [0.05, 0.1) is 12.6 Å². The summed E-state index contributed by atoms with van der Waals surface area (Å²) in [6, 6.07) is 17.1. The van der Waals surface area contributed by atoms with Crippen molar-refractivity contribution in [1.82, 2.24) is 5.32 Å². The van der Waals surface area contributed by atoms with Crippen molar-refractivity contribution in [2.24, 2.45) is 0 Å². The van der Waals surface area contributed by atoms with E-state index in [1.807, 2.05) is 6.07 Å². The summed E-state index contributed by atoms with van der Waals surface area (Å²) >= 11 is 0. The Balaban J connectivity index is 1.44. The van der Waals surface area contributed by atoms with Crippen LogP contribution in [0.1, 0.15) is 35.6 Å². The molecule has 2 aromatic rings. The maximum absolute atomic E-state index is 12.5. The van der Waals surface area contributed by atoms with Crippen LogP contribution in [0.15, 0.2) is 48.5 Å². The predicted octanol–water partition coefficient (Wildman–Crippen LogP) is 3.24. The van der Waals surface area contributed by atoms with Crippen LogP contribution < -0.4 is 10.2 Å². The van der Waals surface area contributed by atoms with Gasteiger partial charge in [0, 0.05) is 12.2 Å². The first-order valence-electron chi connectivity index (χ1n) is 8.51. The van der Waals surface area contributed by atoms with Gasteiger partial charge in [-0.1, -0.05) is 42.5 Å². The molecule has 118 valence electrons. The second-order valence-corrected chi connectivity index (χ2v) is 6.51. The van der Waals surface area contributed by atoms with Gasteiger partial charge < -0.3 is 10.2 Å². The SMILES string of the molecule is O=C(CN1CCc2ccccc21)NC1CCCc2ccccc21. The number of carbonyl (C=O) groups excluding carboxylic acids is 1. The van der Waals surface area contributed by atoms with E-state index in [0.29, 0.717) is 6.54 Å². The first-order chi connectivity index (χ1) is 11.3. The summed E-state index contributed by atoms with van der Waals surface area (Å²) in [5.41, 5.74) is 5.25. The van der Waals surface area contributed by atoms with Crippen molar-refractivity contribution in [3.8, 4) is 0 Å². The van der Waals surface area contributed by atoms with Crippen molar-refractivity contribution >= 4 is 11.6 Å².